The summed E-state index contributed by atoms with van der Waals surface area (Å²) < 4.78 is 97.5. The first-order chi connectivity index (χ1) is 21.4. The molecule has 1 unspecified atom stereocenters. The van der Waals surface area contributed by atoms with Crippen LogP contribution in [0.3, 0.4) is 0 Å². The molecule has 13 nitrogen and oxygen atoms in total. The van der Waals surface area contributed by atoms with Crippen LogP contribution in [0.15, 0.2) is 60.7 Å². The van der Waals surface area contributed by atoms with Gasteiger partial charge < -0.3 is 0 Å². The first kappa shape index (κ1) is 110. The zero-order valence-electron chi connectivity index (χ0n) is 23.5. The smallest absolute Gasteiger partial charge is 0 e. The second-order valence-corrected chi connectivity index (χ2v) is 6.88. The molecule has 2 rings (SSSR count). The Morgan fingerprint density at radius 1 is 0.375 bits per heavy atom. The molecule has 0 radical (unpaired) electrons. The van der Waals surface area contributed by atoms with E-state index in [9.17, 15) is 0 Å². The van der Waals surface area contributed by atoms with Crippen molar-refractivity contribution in [3.8, 4) is 0 Å². The summed E-state index contributed by atoms with van der Waals surface area (Å²) >= 11 is 0. The van der Waals surface area contributed by atoms with Crippen molar-refractivity contribution in [2.45, 2.75) is 6.42 Å². The van der Waals surface area contributed by atoms with E-state index in [0.717, 1.165) is 0 Å². The van der Waals surface area contributed by atoms with Crippen molar-refractivity contribution in [3.05, 3.63) is 147 Å². The molecule has 260 valence electrons. The molecule has 0 saturated carbocycles. The third-order valence-electron chi connectivity index (χ3n) is 2.72. The summed E-state index contributed by atoms with van der Waals surface area (Å²) in [5, 5.41) is 2.99. The molecular weight excluding hydrogens is 1210 g/mol. The van der Waals surface area contributed by atoms with Crippen molar-refractivity contribution in [3.63, 3.8) is 0 Å². The van der Waals surface area contributed by atoms with Crippen molar-refractivity contribution in [2.24, 2.45) is 0 Å². The average molecular weight is 1220 g/mol. The van der Waals surface area contributed by atoms with Gasteiger partial charge in [-0.15, -0.1) is 9.24 Å². The van der Waals surface area contributed by atoms with Crippen LogP contribution in [-0.2, 0) is 159 Å². The van der Waals surface area contributed by atoms with Gasteiger partial charge in [0.05, 0.1) is 0 Å². The Balaban J connectivity index is -0.0000000178. The average Bonchev–Trinajstić information content (AvgIpc) is 3.20. The molecule has 0 spiro atoms. The Hall–Kier alpha value is -0.898. The molecule has 2 aromatic rings. The van der Waals surface area contributed by atoms with Crippen LogP contribution in [0.1, 0.15) is 6.42 Å². The minimum absolute atomic E-state index is 0. The van der Waals surface area contributed by atoms with E-state index in [2.05, 4.69) is 156 Å². The van der Waals surface area contributed by atoms with Crippen LogP contribution >= 0.6 is 17.2 Å². The minimum Gasteiger partial charge on any atom is 0 e. The largest absolute Gasteiger partial charge is 0 e. The van der Waals surface area contributed by atoms with Gasteiger partial charge in [-0.2, -0.15) is 0 Å². The van der Waals surface area contributed by atoms with Crippen molar-refractivity contribution in [1.82, 2.24) is 0 Å². The summed E-state index contributed by atoms with van der Waals surface area (Å²) in [6.45, 7) is 58.5. The van der Waals surface area contributed by atoms with Crippen LogP contribution in [0.4, 0.5) is 0 Å². The Morgan fingerprint density at radius 3 is 0.688 bits per heavy atom. The normalized spacial score (nSPS) is 4.33. The van der Waals surface area contributed by atoms with Crippen molar-refractivity contribution < 1.29 is 159 Å². The van der Waals surface area contributed by atoms with Gasteiger partial charge in [0.1, 0.15) is 0 Å². The van der Waals surface area contributed by atoms with Gasteiger partial charge >= 0.3 is 147 Å². The quantitative estimate of drug-likeness (QED) is 0.181. The van der Waals surface area contributed by atoms with E-state index in [-0.39, 0.29) is 107 Å². The maximum Gasteiger partial charge on any atom is 0 e. The summed E-state index contributed by atoms with van der Waals surface area (Å²) in [6.07, 6.45) is 3.76. The third-order valence-corrected chi connectivity index (χ3v) is 5.74. The van der Waals surface area contributed by atoms with Crippen LogP contribution in [0.25, 0.3) is 0 Å². The summed E-state index contributed by atoms with van der Waals surface area (Å²) in [5.41, 5.74) is 0. The summed E-state index contributed by atoms with van der Waals surface area (Å²) in [6, 6.07) is 21.8. The molecule has 0 N–H and O–H groups in total. The van der Waals surface area contributed by atoms with E-state index < -0.39 is 0 Å². The van der Waals surface area contributed by atoms with Gasteiger partial charge in [-0.25, -0.2) is 0 Å². The summed E-state index contributed by atoms with van der Waals surface area (Å²) in [4.78, 5) is 0. The first-order valence-electron chi connectivity index (χ1n) is 8.65. The molecule has 1 atom stereocenters. The molecule has 0 amide bonds. The van der Waals surface area contributed by atoms with Crippen LogP contribution in [-0.4, -0.2) is 12.3 Å². The minimum atomic E-state index is -0.170. The second-order valence-electron chi connectivity index (χ2n) is 3.96. The van der Waals surface area contributed by atoms with Gasteiger partial charge in [0, 0.05) is 99.0 Å². The van der Waals surface area contributed by atoms with Crippen LogP contribution in [0.2, 0.25) is 0 Å². The maximum absolute atomic E-state index is 7.50. The predicted molar refractivity (Wildman–Crippen MR) is 134 cm³/mol. The SMILES string of the molecule is PCCCP(c1ccccc1)c1ccccc1.[C-]#[O+].[C-]#[O+].[C-]#[O+].[C-]#[O+].[C-]#[O+].[C-]#[O+].[C-]#[O+].[C-]#[O+].[C-]#[O+].[C-]#[O+].[C-]#[O+].[C-]#[O+].[C-]#[O+].[Pt].[Ru].[Ru].[Ru].[Ru]. The molecule has 48 heavy (non-hydrogen) atoms. The van der Waals surface area contributed by atoms with E-state index in [1.165, 1.54) is 29.4 Å². The number of hydrogen-bond acceptors (Lipinski definition) is 0. The fourth-order valence-corrected chi connectivity index (χ4v) is 4.80. The molecule has 0 aliphatic heterocycles. The molecular formula is C28H18O13P2PtRu4. The van der Waals surface area contributed by atoms with E-state index >= 15 is 0 Å². The standard InChI is InChI=1S/C15H18P2.13CO.Pt.4Ru/c16-12-7-13-17(14-8-3-1-4-9-14)15-10-5-2-6-11-15;13*1-2;;;;;/h1-6,8-11H,7,12-13,16H2;;;;;;;;;;;;;;;;;;. The summed E-state index contributed by atoms with van der Waals surface area (Å²) in [5.74, 6) is 0. The van der Waals surface area contributed by atoms with E-state index in [1.54, 1.807) is 0 Å². The molecule has 0 aromatic heterocycles. The van der Waals surface area contributed by atoms with E-state index in [4.69, 9.17) is 60.5 Å². The van der Waals surface area contributed by atoms with E-state index in [0.29, 0.717) is 0 Å². The van der Waals surface area contributed by atoms with Gasteiger partial charge in [-0.1, -0.05) is 60.7 Å². The topological polar surface area (TPSA) is 259 Å². The van der Waals surface area contributed by atoms with Gasteiger partial charge in [0.25, 0.3) is 0 Å². The maximum atomic E-state index is 7.50. The third kappa shape index (κ3) is 119. The molecule has 0 fully saturated rings. The summed E-state index contributed by atoms with van der Waals surface area (Å²) in [7, 11) is 2.66. The van der Waals surface area contributed by atoms with Crippen molar-refractivity contribution in [1.29, 1.82) is 0 Å². The van der Waals surface area contributed by atoms with Crippen LogP contribution in [0.5, 0.6) is 0 Å². The number of hydrogen-bond donors (Lipinski definition) is 0. The zero-order valence-corrected chi connectivity index (χ0v) is 34.7. The molecule has 0 bridgehead atoms. The van der Waals surface area contributed by atoms with Crippen molar-refractivity contribution >= 4 is 27.8 Å². The Bertz CT molecular complexity index is 823. The molecule has 0 aliphatic carbocycles. The Kier molecular flexibility index (Phi) is 485. The first-order valence-corrected chi connectivity index (χ1v) is 11.0. The monoisotopic (exact) mass is 1230 g/mol. The van der Waals surface area contributed by atoms with Crippen LogP contribution < -0.4 is 10.6 Å². The van der Waals surface area contributed by atoms with Gasteiger partial charge in [-0.3, -0.25) is 0 Å². The Labute approximate surface area is 350 Å². The Morgan fingerprint density at radius 2 is 0.542 bits per heavy atom. The zero-order chi connectivity index (χ0) is 37.9. The molecule has 2 aromatic carbocycles. The van der Waals surface area contributed by atoms with Crippen LogP contribution in [0, 0.1) is 86.5 Å². The number of rotatable bonds is 5. The van der Waals surface area contributed by atoms with Gasteiger partial charge in [0.15, 0.2) is 0 Å². The fourth-order valence-electron chi connectivity index (χ4n) is 1.87. The van der Waals surface area contributed by atoms with Crippen molar-refractivity contribution in [2.75, 3.05) is 12.3 Å². The van der Waals surface area contributed by atoms with Gasteiger partial charge in [0.2, 0.25) is 0 Å². The molecule has 0 aliphatic rings. The molecule has 0 saturated heterocycles. The number of benzene rings is 2. The van der Waals surface area contributed by atoms with Gasteiger partial charge in [-0.05, 0) is 37.3 Å². The second kappa shape index (κ2) is 211. The predicted octanol–water partition coefficient (Wildman–Crippen LogP) is 2.88. The van der Waals surface area contributed by atoms with E-state index in [1.807, 2.05) is 0 Å². The molecule has 20 heteroatoms. The molecule has 0 heterocycles. The fraction of sp³-hybridized carbons (Fsp3) is 0.107.